The highest BCUT2D eigenvalue weighted by Crippen LogP contribution is 2.38. The van der Waals surface area contributed by atoms with Crippen LogP contribution in [0.25, 0.3) is 0 Å². The molecule has 0 aliphatic carbocycles. The van der Waals surface area contributed by atoms with E-state index in [2.05, 4.69) is 33.5 Å². The molecule has 1 aromatic heterocycles. The minimum Gasteiger partial charge on any atom is -0.378 e. The first-order chi connectivity index (χ1) is 14.6. The zero-order chi connectivity index (χ0) is 20.9. The average molecular weight is 430 g/mol. The number of carbonyl (C=O) groups is 1. The van der Waals surface area contributed by atoms with E-state index in [0.717, 1.165) is 62.2 Å². The number of hydrogen-bond acceptors (Lipinski definition) is 6. The van der Waals surface area contributed by atoms with Crippen molar-refractivity contribution in [1.82, 2.24) is 19.7 Å². The lowest BCUT2D eigenvalue weighted by atomic mass is 10.1. The van der Waals surface area contributed by atoms with Crippen LogP contribution in [0.15, 0.2) is 35.5 Å². The van der Waals surface area contributed by atoms with E-state index in [4.69, 9.17) is 4.74 Å². The van der Waals surface area contributed by atoms with Crippen LogP contribution in [0.3, 0.4) is 0 Å². The quantitative estimate of drug-likeness (QED) is 0.630. The van der Waals surface area contributed by atoms with Gasteiger partial charge in [0.2, 0.25) is 11.9 Å². The van der Waals surface area contributed by atoms with Crippen LogP contribution < -0.4 is 4.90 Å². The number of carbonyl (C=O) groups excluding carboxylic acids is 1. The molecule has 7 nitrogen and oxygen atoms in total. The van der Waals surface area contributed by atoms with Crippen molar-refractivity contribution >= 4 is 23.6 Å². The molecular formula is C22H31N5O2S. The summed E-state index contributed by atoms with van der Waals surface area (Å²) in [5.41, 5.74) is 1.02. The smallest absolute Gasteiger partial charge is 0.240 e. The highest BCUT2D eigenvalue weighted by molar-refractivity contribution is 8.00. The van der Waals surface area contributed by atoms with Crippen LogP contribution in [0.1, 0.15) is 37.5 Å². The number of likely N-dealkylation sites (tertiary alicyclic amines) is 1. The Morgan fingerprint density at radius 1 is 1.07 bits per heavy atom. The Morgan fingerprint density at radius 3 is 2.43 bits per heavy atom. The van der Waals surface area contributed by atoms with E-state index in [-0.39, 0.29) is 11.2 Å². The van der Waals surface area contributed by atoms with Gasteiger partial charge in [-0.1, -0.05) is 55.9 Å². The molecule has 4 rings (SSSR count). The number of thioether (sulfide) groups is 1. The third kappa shape index (κ3) is 4.81. The topological polar surface area (TPSA) is 63.5 Å². The summed E-state index contributed by atoms with van der Waals surface area (Å²) >= 11 is 1.53. The Morgan fingerprint density at radius 2 is 1.77 bits per heavy atom. The third-order valence-electron chi connectivity index (χ3n) is 5.51. The summed E-state index contributed by atoms with van der Waals surface area (Å²) in [4.78, 5) is 17.6. The number of morpholine rings is 1. The maximum absolute atomic E-state index is 13.4. The molecule has 2 aliphatic rings. The molecule has 2 aliphatic heterocycles. The van der Waals surface area contributed by atoms with Crippen LogP contribution in [0.4, 0.5) is 5.95 Å². The second-order valence-corrected chi connectivity index (χ2v) is 9.40. The molecule has 8 heteroatoms. The van der Waals surface area contributed by atoms with Crippen molar-refractivity contribution in [2.24, 2.45) is 5.92 Å². The molecule has 3 heterocycles. The third-order valence-corrected chi connectivity index (χ3v) is 6.73. The zero-order valence-corrected chi connectivity index (χ0v) is 18.7. The summed E-state index contributed by atoms with van der Waals surface area (Å²) in [6.45, 7) is 9.95. The number of hydrogen-bond donors (Lipinski definition) is 0. The molecule has 30 heavy (non-hydrogen) atoms. The number of ether oxygens (including phenoxy) is 1. The number of aromatic nitrogens is 3. The van der Waals surface area contributed by atoms with E-state index in [0.29, 0.717) is 19.1 Å². The van der Waals surface area contributed by atoms with Gasteiger partial charge in [0, 0.05) is 32.7 Å². The molecule has 0 N–H and O–H groups in total. The fraction of sp³-hybridized carbons (Fsp3) is 0.591. The lowest BCUT2D eigenvalue weighted by Crippen LogP contribution is -2.38. The number of rotatable bonds is 7. The van der Waals surface area contributed by atoms with Crippen LogP contribution in [-0.2, 0) is 16.1 Å². The van der Waals surface area contributed by atoms with Gasteiger partial charge in [0.05, 0.1) is 13.2 Å². The molecule has 0 spiro atoms. The van der Waals surface area contributed by atoms with Gasteiger partial charge in [0.15, 0.2) is 5.16 Å². The monoisotopic (exact) mass is 429 g/mol. The SMILES string of the molecule is CC(C)Cn1c(SC(C(=O)N2CCCC2)c2ccccc2)nnc1N1CCOCC1. The van der Waals surface area contributed by atoms with Crippen molar-refractivity contribution in [2.75, 3.05) is 44.3 Å². The van der Waals surface area contributed by atoms with Gasteiger partial charge >= 0.3 is 0 Å². The zero-order valence-electron chi connectivity index (χ0n) is 17.9. The fourth-order valence-corrected chi connectivity index (χ4v) is 5.11. The van der Waals surface area contributed by atoms with Crippen molar-refractivity contribution in [2.45, 2.75) is 43.6 Å². The number of nitrogens with zero attached hydrogens (tertiary/aromatic N) is 5. The Balaban J connectivity index is 1.64. The number of amides is 1. The molecule has 1 atom stereocenters. The Bertz CT molecular complexity index is 829. The summed E-state index contributed by atoms with van der Waals surface area (Å²) in [6, 6.07) is 10.1. The van der Waals surface area contributed by atoms with Gasteiger partial charge < -0.3 is 14.5 Å². The summed E-state index contributed by atoms with van der Waals surface area (Å²) in [7, 11) is 0. The van der Waals surface area contributed by atoms with Crippen molar-refractivity contribution in [1.29, 1.82) is 0 Å². The second-order valence-electron chi connectivity index (χ2n) is 8.33. The molecule has 0 radical (unpaired) electrons. The second kappa shape index (κ2) is 9.83. The largest absolute Gasteiger partial charge is 0.378 e. The van der Waals surface area contributed by atoms with Crippen LogP contribution in [0.5, 0.6) is 0 Å². The van der Waals surface area contributed by atoms with Crippen LogP contribution in [0.2, 0.25) is 0 Å². The van der Waals surface area contributed by atoms with Crippen molar-refractivity contribution in [3.63, 3.8) is 0 Å². The van der Waals surface area contributed by atoms with Crippen molar-refractivity contribution in [3.05, 3.63) is 35.9 Å². The lowest BCUT2D eigenvalue weighted by Gasteiger charge is -2.28. The first kappa shape index (κ1) is 21.2. The van der Waals surface area contributed by atoms with E-state index < -0.39 is 0 Å². The molecule has 1 amide bonds. The standard InChI is InChI=1S/C22H31N5O2S/c1-17(2)16-27-21(26-12-14-29-15-13-26)23-24-22(27)30-19(18-8-4-3-5-9-18)20(28)25-10-6-7-11-25/h3-5,8-9,17,19H,6-7,10-16H2,1-2H3. The molecule has 162 valence electrons. The molecule has 1 unspecified atom stereocenters. The Kier molecular flexibility index (Phi) is 6.94. The Labute approximate surface area is 182 Å². The molecule has 2 aromatic rings. The van der Waals surface area contributed by atoms with E-state index >= 15 is 0 Å². The van der Waals surface area contributed by atoms with Crippen LogP contribution in [-0.4, -0.2) is 65.0 Å². The summed E-state index contributed by atoms with van der Waals surface area (Å²) in [5, 5.41) is 9.58. The molecule has 2 fully saturated rings. The Hall–Kier alpha value is -2.06. The molecule has 0 bridgehead atoms. The first-order valence-corrected chi connectivity index (χ1v) is 11.8. The van der Waals surface area contributed by atoms with Crippen molar-refractivity contribution in [3.8, 4) is 0 Å². The van der Waals surface area contributed by atoms with E-state index in [1.807, 2.05) is 35.2 Å². The van der Waals surface area contributed by atoms with E-state index in [9.17, 15) is 4.79 Å². The van der Waals surface area contributed by atoms with Gasteiger partial charge in [-0.05, 0) is 24.3 Å². The highest BCUT2D eigenvalue weighted by atomic mass is 32.2. The lowest BCUT2D eigenvalue weighted by molar-refractivity contribution is -0.129. The van der Waals surface area contributed by atoms with E-state index in [1.54, 1.807) is 0 Å². The molecule has 2 saturated heterocycles. The van der Waals surface area contributed by atoms with Crippen molar-refractivity contribution < 1.29 is 9.53 Å². The van der Waals surface area contributed by atoms with Gasteiger partial charge in [-0.15, -0.1) is 10.2 Å². The predicted octanol–water partition coefficient (Wildman–Crippen LogP) is 3.23. The normalized spacial score (nSPS) is 18.2. The number of anilines is 1. The van der Waals surface area contributed by atoms with Gasteiger partial charge in [0.25, 0.3) is 0 Å². The molecule has 1 aromatic carbocycles. The van der Waals surface area contributed by atoms with Gasteiger partial charge in [-0.2, -0.15) is 0 Å². The van der Waals surface area contributed by atoms with Gasteiger partial charge in [-0.3, -0.25) is 9.36 Å². The van der Waals surface area contributed by atoms with Gasteiger partial charge in [-0.25, -0.2) is 0 Å². The summed E-state index contributed by atoms with van der Waals surface area (Å²) in [5.74, 6) is 1.51. The predicted molar refractivity (Wildman–Crippen MR) is 119 cm³/mol. The first-order valence-electron chi connectivity index (χ1n) is 10.9. The minimum atomic E-state index is -0.308. The summed E-state index contributed by atoms with van der Waals surface area (Å²) < 4.78 is 7.69. The average Bonchev–Trinajstić information content (AvgIpc) is 3.43. The van der Waals surface area contributed by atoms with Crippen LogP contribution in [0, 0.1) is 5.92 Å². The molecular weight excluding hydrogens is 398 g/mol. The van der Waals surface area contributed by atoms with Gasteiger partial charge in [0.1, 0.15) is 5.25 Å². The highest BCUT2D eigenvalue weighted by Gasteiger charge is 2.31. The number of benzene rings is 1. The maximum atomic E-state index is 13.4. The minimum absolute atomic E-state index is 0.177. The fourth-order valence-electron chi connectivity index (χ4n) is 3.99. The summed E-state index contributed by atoms with van der Waals surface area (Å²) in [6.07, 6.45) is 2.17. The maximum Gasteiger partial charge on any atom is 0.240 e. The molecule has 0 saturated carbocycles. The van der Waals surface area contributed by atoms with E-state index in [1.165, 1.54) is 11.8 Å². The van der Waals surface area contributed by atoms with Crippen LogP contribution >= 0.6 is 11.8 Å².